The van der Waals surface area contributed by atoms with E-state index >= 15 is 0 Å². The van der Waals surface area contributed by atoms with Gasteiger partial charge in [-0.3, -0.25) is 4.90 Å². The van der Waals surface area contributed by atoms with Gasteiger partial charge in [0.15, 0.2) is 0 Å². The first-order valence-electron chi connectivity index (χ1n) is 6.65. The van der Waals surface area contributed by atoms with E-state index in [2.05, 4.69) is 25.7 Å². The number of hydrogen-bond acceptors (Lipinski definition) is 2. The van der Waals surface area contributed by atoms with Crippen LogP contribution in [0.5, 0.6) is 0 Å². The second-order valence-electron chi connectivity index (χ2n) is 5.20. The molecule has 2 heteroatoms. The Balaban J connectivity index is 2.41. The van der Waals surface area contributed by atoms with Crippen LogP contribution < -0.4 is 5.73 Å². The molecule has 1 rings (SSSR count). The van der Waals surface area contributed by atoms with Gasteiger partial charge >= 0.3 is 0 Å². The SMILES string of the molecule is CCCC1(CCC)CN(C(CC)CN)C1. The Labute approximate surface area is 95.2 Å². The summed E-state index contributed by atoms with van der Waals surface area (Å²) in [6.07, 6.45) is 6.65. The molecule has 0 bridgehead atoms. The summed E-state index contributed by atoms with van der Waals surface area (Å²) in [5.74, 6) is 0. The van der Waals surface area contributed by atoms with E-state index < -0.39 is 0 Å². The van der Waals surface area contributed by atoms with E-state index in [0.29, 0.717) is 11.5 Å². The van der Waals surface area contributed by atoms with Gasteiger partial charge in [-0.25, -0.2) is 0 Å². The highest BCUT2D eigenvalue weighted by molar-refractivity contribution is 4.96. The van der Waals surface area contributed by atoms with Gasteiger partial charge in [-0.05, 0) is 24.7 Å². The van der Waals surface area contributed by atoms with Crippen LogP contribution in [-0.2, 0) is 0 Å². The lowest BCUT2D eigenvalue weighted by atomic mass is 9.72. The van der Waals surface area contributed by atoms with Gasteiger partial charge < -0.3 is 5.73 Å². The molecule has 1 heterocycles. The molecule has 90 valence electrons. The van der Waals surface area contributed by atoms with Crippen molar-refractivity contribution in [1.82, 2.24) is 4.90 Å². The third-order valence-electron chi connectivity index (χ3n) is 3.90. The number of nitrogens with two attached hydrogens (primary N) is 1. The molecule has 1 fully saturated rings. The molecule has 0 saturated carbocycles. The van der Waals surface area contributed by atoms with Gasteiger partial charge in [-0.2, -0.15) is 0 Å². The molecule has 0 aliphatic carbocycles. The Morgan fingerprint density at radius 2 is 1.67 bits per heavy atom. The van der Waals surface area contributed by atoms with Crippen molar-refractivity contribution in [3.05, 3.63) is 0 Å². The lowest BCUT2D eigenvalue weighted by Crippen LogP contribution is -2.61. The van der Waals surface area contributed by atoms with E-state index in [9.17, 15) is 0 Å². The minimum absolute atomic E-state index is 0.631. The van der Waals surface area contributed by atoms with Gasteiger partial charge in [-0.1, -0.05) is 33.6 Å². The van der Waals surface area contributed by atoms with Crippen molar-refractivity contribution in [2.24, 2.45) is 11.1 Å². The molecule has 0 radical (unpaired) electrons. The predicted octanol–water partition coefficient (Wildman–Crippen LogP) is 2.63. The second kappa shape index (κ2) is 5.86. The van der Waals surface area contributed by atoms with Crippen LogP contribution in [0.2, 0.25) is 0 Å². The standard InChI is InChI=1S/C13H28N2/c1-4-7-13(8-5-2)10-15(11-13)12(6-3)9-14/h12H,4-11,14H2,1-3H3. The minimum Gasteiger partial charge on any atom is -0.329 e. The molecular weight excluding hydrogens is 184 g/mol. The maximum atomic E-state index is 5.79. The Morgan fingerprint density at radius 1 is 1.13 bits per heavy atom. The minimum atomic E-state index is 0.631. The predicted molar refractivity (Wildman–Crippen MR) is 67.0 cm³/mol. The van der Waals surface area contributed by atoms with Crippen LogP contribution in [0.4, 0.5) is 0 Å². The van der Waals surface area contributed by atoms with Crippen LogP contribution in [-0.4, -0.2) is 30.6 Å². The fourth-order valence-corrected chi connectivity index (χ4v) is 3.15. The number of likely N-dealkylation sites (tertiary alicyclic amines) is 1. The molecule has 1 atom stereocenters. The zero-order chi connectivity index (χ0) is 11.3. The van der Waals surface area contributed by atoms with Gasteiger partial charge in [0.1, 0.15) is 0 Å². The molecule has 0 aromatic heterocycles. The van der Waals surface area contributed by atoms with E-state index in [1.807, 2.05) is 0 Å². The third kappa shape index (κ3) is 2.94. The smallest absolute Gasteiger partial charge is 0.0216 e. The molecule has 2 N–H and O–H groups in total. The van der Waals surface area contributed by atoms with Crippen LogP contribution in [0.1, 0.15) is 52.9 Å². The first-order chi connectivity index (χ1) is 7.21. The maximum absolute atomic E-state index is 5.79. The van der Waals surface area contributed by atoms with E-state index in [-0.39, 0.29) is 0 Å². The zero-order valence-electron chi connectivity index (χ0n) is 10.8. The average molecular weight is 212 g/mol. The molecule has 2 nitrogen and oxygen atoms in total. The molecule has 0 amide bonds. The van der Waals surface area contributed by atoms with E-state index in [1.54, 1.807) is 0 Å². The van der Waals surface area contributed by atoms with Crippen molar-refractivity contribution in [1.29, 1.82) is 0 Å². The van der Waals surface area contributed by atoms with Gasteiger partial charge in [0, 0.05) is 25.7 Å². The van der Waals surface area contributed by atoms with Crippen LogP contribution in [0.25, 0.3) is 0 Å². The van der Waals surface area contributed by atoms with Crippen molar-refractivity contribution >= 4 is 0 Å². The maximum Gasteiger partial charge on any atom is 0.0216 e. The third-order valence-corrected chi connectivity index (χ3v) is 3.90. The van der Waals surface area contributed by atoms with Crippen LogP contribution in [0.15, 0.2) is 0 Å². The van der Waals surface area contributed by atoms with E-state index in [1.165, 1.54) is 45.2 Å². The molecule has 1 aliphatic rings. The summed E-state index contributed by atoms with van der Waals surface area (Å²) in [6, 6.07) is 0.631. The lowest BCUT2D eigenvalue weighted by molar-refractivity contribution is -0.0424. The van der Waals surface area contributed by atoms with Gasteiger partial charge in [0.25, 0.3) is 0 Å². The topological polar surface area (TPSA) is 29.3 Å². The molecule has 0 aromatic carbocycles. The Hall–Kier alpha value is -0.0800. The summed E-state index contributed by atoms with van der Waals surface area (Å²) in [7, 11) is 0. The second-order valence-corrected chi connectivity index (χ2v) is 5.20. The van der Waals surface area contributed by atoms with Crippen molar-refractivity contribution in [2.75, 3.05) is 19.6 Å². The van der Waals surface area contributed by atoms with Gasteiger partial charge in [-0.15, -0.1) is 0 Å². The van der Waals surface area contributed by atoms with Crippen LogP contribution >= 0.6 is 0 Å². The van der Waals surface area contributed by atoms with Crippen LogP contribution in [0.3, 0.4) is 0 Å². The summed E-state index contributed by atoms with van der Waals surface area (Å²) >= 11 is 0. The van der Waals surface area contributed by atoms with E-state index in [4.69, 9.17) is 5.73 Å². The molecule has 0 aromatic rings. The molecule has 0 spiro atoms. The highest BCUT2D eigenvalue weighted by Gasteiger charge is 2.42. The summed E-state index contributed by atoms with van der Waals surface area (Å²) in [4.78, 5) is 2.59. The molecular formula is C13H28N2. The fraction of sp³-hybridized carbons (Fsp3) is 1.00. The molecule has 1 unspecified atom stereocenters. The number of hydrogen-bond donors (Lipinski definition) is 1. The highest BCUT2D eigenvalue weighted by atomic mass is 15.2. The fourth-order valence-electron chi connectivity index (χ4n) is 3.15. The van der Waals surface area contributed by atoms with E-state index in [0.717, 1.165) is 6.54 Å². The van der Waals surface area contributed by atoms with Crippen molar-refractivity contribution in [3.63, 3.8) is 0 Å². The summed E-state index contributed by atoms with van der Waals surface area (Å²) in [6.45, 7) is 10.3. The quantitative estimate of drug-likeness (QED) is 0.703. The Bertz CT molecular complexity index is 161. The van der Waals surface area contributed by atoms with Gasteiger partial charge in [0.2, 0.25) is 0 Å². The average Bonchev–Trinajstić information content (AvgIpc) is 2.17. The van der Waals surface area contributed by atoms with Crippen LogP contribution in [0, 0.1) is 5.41 Å². The first-order valence-corrected chi connectivity index (χ1v) is 6.65. The molecule has 1 aliphatic heterocycles. The summed E-state index contributed by atoms with van der Waals surface area (Å²) < 4.78 is 0. The van der Waals surface area contributed by atoms with Crippen molar-refractivity contribution in [3.8, 4) is 0 Å². The van der Waals surface area contributed by atoms with Gasteiger partial charge in [0.05, 0.1) is 0 Å². The highest BCUT2D eigenvalue weighted by Crippen LogP contribution is 2.40. The first kappa shape index (κ1) is 13.0. The summed E-state index contributed by atoms with van der Waals surface area (Å²) in [5, 5.41) is 0. The summed E-state index contributed by atoms with van der Waals surface area (Å²) in [5.41, 5.74) is 6.43. The molecule has 15 heavy (non-hydrogen) atoms. The number of nitrogens with zero attached hydrogens (tertiary/aromatic N) is 1. The van der Waals surface area contributed by atoms with Crippen molar-refractivity contribution < 1.29 is 0 Å². The molecule has 1 saturated heterocycles. The zero-order valence-corrected chi connectivity index (χ0v) is 10.8. The Kier molecular flexibility index (Phi) is 5.07. The van der Waals surface area contributed by atoms with Crippen molar-refractivity contribution in [2.45, 2.75) is 58.9 Å². The lowest BCUT2D eigenvalue weighted by Gasteiger charge is -2.53. The Morgan fingerprint density at radius 3 is 2.00 bits per heavy atom. The normalized spacial score (nSPS) is 22.4. The monoisotopic (exact) mass is 212 g/mol. The number of rotatable bonds is 7. The largest absolute Gasteiger partial charge is 0.329 e.